The third-order valence-corrected chi connectivity index (χ3v) is 7.18. The summed E-state index contributed by atoms with van der Waals surface area (Å²) in [5.74, 6) is 0. The molecule has 0 aliphatic heterocycles. The highest BCUT2D eigenvalue weighted by atomic mass is 15.0. The lowest BCUT2D eigenvalue weighted by Gasteiger charge is -2.12. The number of aromatic nitrogens is 2. The lowest BCUT2D eigenvalue weighted by Crippen LogP contribution is -1.96. The topological polar surface area (TPSA) is 9.86 Å². The molecule has 0 aliphatic carbocycles. The van der Waals surface area contributed by atoms with Gasteiger partial charge in [0.15, 0.2) is 0 Å². The molecule has 0 radical (unpaired) electrons. The van der Waals surface area contributed by atoms with Gasteiger partial charge < -0.3 is 9.13 Å². The summed E-state index contributed by atoms with van der Waals surface area (Å²) in [5.41, 5.74) is 4.59. The summed E-state index contributed by atoms with van der Waals surface area (Å²) >= 11 is 0. The summed E-state index contributed by atoms with van der Waals surface area (Å²) in [4.78, 5) is 0. The number of nitrogens with zero attached hydrogens (tertiary/aromatic N) is 2. The second kappa shape index (κ2) is 8.22. The van der Waals surface area contributed by atoms with E-state index in [2.05, 4.69) is 0 Å². The van der Waals surface area contributed by atoms with Gasteiger partial charge in [-0.25, -0.2) is 0 Å². The van der Waals surface area contributed by atoms with Gasteiger partial charge in [0.1, 0.15) is 0 Å². The minimum absolute atomic E-state index is 0.174. The van der Waals surface area contributed by atoms with E-state index in [0.717, 1.165) is 32.9 Å². The normalized spacial score (nSPS) is 14.6. The van der Waals surface area contributed by atoms with Crippen LogP contribution >= 0.6 is 0 Å². The first-order chi connectivity index (χ1) is 22.2. The SMILES string of the molecule is [2H]c1ccc(-c2ccc(-n3c4c([2H])c([2H])c([2H])c([2H])c4c4c(-n5c6ccccc6c6ccccc65)c([2H])c([2H])c([2H])c43)cc2)cc1. The number of rotatable bonds is 3. The van der Waals surface area contributed by atoms with Crippen LogP contribution in [0.2, 0.25) is 0 Å². The summed E-state index contributed by atoms with van der Waals surface area (Å²) in [6.07, 6.45) is 0. The highest BCUT2D eigenvalue weighted by Gasteiger charge is 2.19. The second-order valence-corrected chi connectivity index (χ2v) is 9.21. The molecule has 6 aromatic carbocycles. The molecule has 0 saturated carbocycles. The van der Waals surface area contributed by atoms with Crippen molar-refractivity contribution in [2.45, 2.75) is 0 Å². The van der Waals surface area contributed by atoms with Gasteiger partial charge in [0, 0.05) is 27.2 Å². The molecule has 2 heterocycles. The van der Waals surface area contributed by atoms with E-state index in [-0.39, 0.29) is 52.3 Å². The van der Waals surface area contributed by atoms with E-state index in [1.54, 1.807) is 16.7 Å². The van der Waals surface area contributed by atoms with Crippen LogP contribution in [0, 0.1) is 0 Å². The molecule has 0 amide bonds. The van der Waals surface area contributed by atoms with Gasteiger partial charge in [-0.1, -0.05) is 103 Å². The van der Waals surface area contributed by atoms with E-state index in [9.17, 15) is 2.74 Å². The van der Waals surface area contributed by atoms with Crippen molar-refractivity contribution in [1.82, 2.24) is 9.13 Å². The number of para-hydroxylation sites is 3. The molecule has 0 unspecified atom stereocenters. The zero-order valence-electron chi connectivity index (χ0n) is 28.1. The van der Waals surface area contributed by atoms with Crippen LogP contribution in [-0.4, -0.2) is 9.13 Å². The molecule has 2 heteroatoms. The average molecular weight is 493 g/mol. The smallest absolute Gasteiger partial charge is 0.0645 e. The Morgan fingerprint density at radius 2 is 1.05 bits per heavy atom. The summed E-state index contributed by atoms with van der Waals surface area (Å²) in [7, 11) is 0. The Bertz CT molecular complexity index is 2490. The lowest BCUT2D eigenvalue weighted by atomic mass is 10.1. The largest absolute Gasteiger partial charge is 0.309 e. The van der Waals surface area contributed by atoms with Crippen molar-refractivity contribution in [3.05, 3.63) is 145 Å². The molecule has 0 atom stereocenters. The summed E-state index contributed by atoms with van der Waals surface area (Å²) in [6, 6.07) is 28.3. The van der Waals surface area contributed by atoms with Crippen LogP contribution in [0.15, 0.2) is 145 Å². The zero-order chi connectivity index (χ0) is 32.0. The molecule has 0 aliphatic rings. The van der Waals surface area contributed by atoms with E-state index in [1.807, 2.05) is 89.5 Å². The van der Waals surface area contributed by atoms with Gasteiger partial charge in [-0.15, -0.1) is 0 Å². The van der Waals surface area contributed by atoms with E-state index in [1.165, 1.54) is 0 Å². The van der Waals surface area contributed by atoms with Gasteiger partial charge in [0.25, 0.3) is 0 Å². The Balaban J connectivity index is 1.57. The van der Waals surface area contributed by atoms with Crippen molar-refractivity contribution >= 4 is 43.6 Å². The molecular formula is C36H24N2. The maximum atomic E-state index is 9.25. The van der Waals surface area contributed by atoms with Gasteiger partial charge >= 0.3 is 0 Å². The van der Waals surface area contributed by atoms with Gasteiger partial charge in [-0.05, 0) is 53.5 Å². The summed E-state index contributed by atoms with van der Waals surface area (Å²) in [6.45, 7) is 0. The fourth-order valence-electron chi connectivity index (χ4n) is 5.53. The van der Waals surface area contributed by atoms with E-state index in [4.69, 9.17) is 8.22 Å². The monoisotopic (exact) mass is 492 g/mol. The minimum atomic E-state index is -0.411. The van der Waals surface area contributed by atoms with Crippen LogP contribution < -0.4 is 0 Å². The number of benzene rings is 6. The molecule has 2 nitrogen and oxygen atoms in total. The Hall–Kier alpha value is -5.08. The first-order valence-corrected chi connectivity index (χ1v) is 12.4. The van der Waals surface area contributed by atoms with Crippen molar-refractivity contribution < 1.29 is 11.0 Å². The Morgan fingerprint density at radius 1 is 0.421 bits per heavy atom. The van der Waals surface area contributed by atoms with Gasteiger partial charge in [0.05, 0.1) is 38.7 Å². The fraction of sp³-hybridized carbons (Fsp3) is 0. The van der Waals surface area contributed by atoms with Crippen molar-refractivity contribution in [2.75, 3.05) is 0 Å². The highest BCUT2D eigenvalue weighted by molar-refractivity contribution is 6.16. The predicted octanol–water partition coefficient (Wildman–Crippen LogP) is 9.55. The summed E-state index contributed by atoms with van der Waals surface area (Å²) in [5, 5.41) is 2.38. The Morgan fingerprint density at radius 3 is 1.79 bits per heavy atom. The quantitative estimate of drug-likeness (QED) is 0.232. The third kappa shape index (κ3) is 3.01. The first-order valence-electron chi connectivity index (χ1n) is 16.4. The number of fused-ring (bicyclic) bond motifs is 6. The molecule has 8 aromatic rings. The minimum Gasteiger partial charge on any atom is -0.309 e. The molecule has 38 heavy (non-hydrogen) atoms. The molecule has 0 fully saturated rings. The van der Waals surface area contributed by atoms with Crippen LogP contribution in [0.1, 0.15) is 11.0 Å². The van der Waals surface area contributed by atoms with Crippen LogP contribution in [-0.2, 0) is 0 Å². The molecule has 0 bridgehead atoms. The maximum absolute atomic E-state index is 9.25. The van der Waals surface area contributed by atoms with Crippen LogP contribution in [0.4, 0.5) is 0 Å². The Kier molecular flexibility index (Phi) is 3.16. The number of hydrogen-bond acceptors (Lipinski definition) is 0. The van der Waals surface area contributed by atoms with Crippen molar-refractivity contribution in [1.29, 1.82) is 0 Å². The number of hydrogen-bond donors (Lipinski definition) is 0. The molecule has 0 spiro atoms. The van der Waals surface area contributed by atoms with Gasteiger partial charge in [-0.2, -0.15) is 0 Å². The van der Waals surface area contributed by atoms with Crippen LogP contribution in [0.3, 0.4) is 0 Å². The van der Waals surface area contributed by atoms with Gasteiger partial charge in [-0.3, -0.25) is 0 Å². The van der Waals surface area contributed by atoms with Crippen molar-refractivity contribution in [3.63, 3.8) is 0 Å². The van der Waals surface area contributed by atoms with Crippen molar-refractivity contribution in [3.8, 4) is 22.5 Å². The maximum Gasteiger partial charge on any atom is 0.0645 e. The molecule has 178 valence electrons. The Labute approximate surface area is 231 Å². The highest BCUT2D eigenvalue weighted by Crippen LogP contribution is 2.39. The second-order valence-electron chi connectivity index (χ2n) is 9.21. The fourth-order valence-corrected chi connectivity index (χ4v) is 5.53. The van der Waals surface area contributed by atoms with Crippen molar-refractivity contribution in [2.24, 2.45) is 0 Å². The molecular weight excluding hydrogens is 460 g/mol. The molecule has 0 saturated heterocycles. The van der Waals surface area contributed by atoms with E-state index in [0.29, 0.717) is 17.1 Å². The molecule has 0 N–H and O–H groups in total. The lowest BCUT2D eigenvalue weighted by molar-refractivity contribution is 1.17. The zero-order valence-corrected chi connectivity index (χ0v) is 20.1. The predicted molar refractivity (Wildman–Crippen MR) is 161 cm³/mol. The van der Waals surface area contributed by atoms with E-state index < -0.39 is 12.1 Å². The van der Waals surface area contributed by atoms with Crippen LogP contribution in [0.5, 0.6) is 0 Å². The standard InChI is InChI=1S/C36H24N2/c1-2-11-25(12-3-1)26-21-23-27(24-22-26)37-33-18-9-6-15-30(33)36-34(37)19-10-20-35(36)38-31-16-7-4-13-28(31)29-14-5-8-17-32(29)38/h1-24H/i1D,6D,9D,10D,15D,18D,19D,20D. The van der Waals surface area contributed by atoms with E-state index >= 15 is 0 Å². The van der Waals surface area contributed by atoms with Gasteiger partial charge in [0.2, 0.25) is 0 Å². The average Bonchev–Trinajstić information content (AvgIpc) is 3.60. The summed E-state index contributed by atoms with van der Waals surface area (Å²) < 4.78 is 74.0. The molecule has 2 aromatic heterocycles. The first kappa shape index (κ1) is 14.6. The third-order valence-electron chi connectivity index (χ3n) is 7.18. The van der Waals surface area contributed by atoms with Crippen LogP contribution in [0.25, 0.3) is 66.1 Å². The molecule has 8 rings (SSSR count).